The van der Waals surface area contributed by atoms with Gasteiger partial charge in [-0.05, 0) is 104 Å². The Bertz CT molecular complexity index is 2080. The Morgan fingerprint density at radius 1 is 0.463 bits per heavy atom. The first-order valence-electron chi connectivity index (χ1n) is 14.3. The van der Waals surface area contributed by atoms with Gasteiger partial charge in [0, 0.05) is 23.5 Å². The molecule has 0 aliphatic carbocycles. The van der Waals surface area contributed by atoms with Crippen LogP contribution in [-0.2, 0) is 6.42 Å². The van der Waals surface area contributed by atoms with Gasteiger partial charge in [0.2, 0.25) is 0 Å². The maximum Gasteiger partial charge on any atom is 0.0497 e. The maximum atomic E-state index is 2.44. The van der Waals surface area contributed by atoms with Crippen LogP contribution >= 0.6 is 0 Å². The topological polar surface area (TPSA) is 3.24 Å². The van der Waals surface area contributed by atoms with Crippen LogP contribution in [-0.4, -0.2) is 0 Å². The molecule has 0 unspecified atom stereocenters. The Morgan fingerprint density at radius 2 is 1.07 bits per heavy atom. The first-order chi connectivity index (χ1) is 20.2. The van der Waals surface area contributed by atoms with Gasteiger partial charge >= 0.3 is 0 Å². The minimum Gasteiger partial charge on any atom is -0.310 e. The molecule has 0 bridgehead atoms. The average molecular weight is 524 g/mol. The van der Waals surface area contributed by atoms with Gasteiger partial charge in [-0.25, -0.2) is 0 Å². The lowest BCUT2D eigenvalue weighted by atomic mass is 9.89. The number of benzene rings is 7. The monoisotopic (exact) mass is 523 g/mol. The molecule has 0 aromatic heterocycles. The van der Waals surface area contributed by atoms with E-state index in [1.54, 1.807) is 0 Å². The Morgan fingerprint density at radius 3 is 1.88 bits per heavy atom. The van der Waals surface area contributed by atoms with Gasteiger partial charge in [-0.2, -0.15) is 0 Å². The molecule has 1 aliphatic heterocycles. The molecule has 1 aliphatic rings. The second-order valence-corrected chi connectivity index (χ2v) is 11.1. The van der Waals surface area contributed by atoms with Crippen molar-refractivity contribution >= 4 is 38.6 Å². The van der Waals surface area contributed by atoms with E-state index in [0.717, 1.165) is 6.42 Å². The van der Waals surface area contributed by atoms with Crippen LogP contribution in [0.1, 0.15) is 16.7 Å². The summed E-state index contributed by atoms with van der Waals surface area (Å²) in [7, 11) is 0. The van der Waals surface area contributed by atoms with Crippen molar-refractivity contribution < 1.29 is 0 Å². The smallest absolute Gasteiger partial charge is 0.0497 e. The Labute approximate surface area is 241 Å². The SMILES string of the molecule is Cc1ccc(N2c3ccc(-c4ccc5ccccc5c4)cc3Cc3cc(-c4cccc5ccccc45)ccc32)cc1. The molecule has 0 spiro atoms. The van der Waals surface area contributed by atoms with Crippen LogP contribution < -0.4 is 4.90 Å². The Balaban J connectivity index is 1.28. The van der Waals surface area contributed by atoms with Crippen molar-refractivity contribution in [3.8, 4) is 22.3 Å². The van der Waals surface area contributed by atoms with Gasteiger partial charge in [-0.1, -0.05) is 109 Å². The summed E-state index contributed by atoms with van der Waals surface area (Å²) in [5.74, 6) is 0. The van der Waals surface area contributed by atoms with Crippen molar-refractivity contribution in [2.45, 2.75) is 13.3 Å². The van der Waals surface area contributed by atoms with Gasteiger partial charge in [-0.3, -0.25) is 0 Å². The predicted molar refractivity (Wildman–Crippen MR) is 175 cm³/mol. The van der Waals surface area contributed by atoms with Crippen LogP contribution in [0, 0.1) is 6.92 Å². The predicted octanol–water partition coefficient (Wildman–Crippen LogP) is 11.0. The normalized spacial score (nSPS) is 12.4. The fourth-order valence-electron chi connectivity index (χ4n) is 6.39. The van der Waals surface area contributed by atoms with Crippen molar-refractivity contribution in [2.24, 2.45) is 0 Å². The highest BCUT2D eigenvalue weighted by molar-refractivity contribution is 5.97. The van der Waals surface area contributed by atoms with Crippen molar-refractivity contribution in [1.82, 2.24) is 0 Å². The van der Waals surface area contributed by atoms with Gasteiger partial charge in [0.05, 0.1) is 0 Å². The van der Waals surface area contributed by atoms with E-state index >= 15 is 0 Å². The minimum atomic E-state index is 0.896. The van der Waals surface area contributed by atoms with Gasteiger partial charge in [0.1, 0.15) is 0 Å². The van der Waals surface area contributed by atoms with E-state index in [2.05, 4.69) is 157 Å². The van der Waals surface area contributed by atoms with E-state index in [1.807, 2.05) is 0 Å². The van der Waals surface area contributed by atoms with E-state index in [0.29, 0.717) is 0 Å². The molecule has 0 fully saturated rings. The molecular weight excluding hydrogens is 494 g/mol. The lowest BCUT2D eigenvalue weighted by molar-refractivity contribution is 1.09. The molecular formula is C40H29N. The summed E-state index contributed by atoms with van der Waals surface area (Å²) in [5, 5.41) is 5.11. The summed E-state index contributed by atoms with van der Waals surface area (Å²) in [6, 6.07) is 53.5. The van der Waals surface area contributed by atoms with E-state index < -0.39 is 0 Å². The van der Waals surface area contributed by atoms with Crippen LogP contribution in [0.25, 0.3) is 43.8 Å². The molecule has 0 atom stereocenters. The number of rotatable bonds is 3. The van der Waals surface area contributed by atoms with Gasteiger partial charge in [0.25, 0.3) is 0 Å². The van der Waals surface area contributed by atoms with Gasteiger partial charge < -0.3 is 4.90 Å². The molecule has 0 radical (unpaired) electrons. The second kappa shape index (κ2) is 9.50. The van der Waals surface area contributed by atoms with Crippen LogP contribution in [0.3, 0.4) is 0 Å². The molecule has 194 valence electrons. The highest BCUT2D eigenvalue weighted by Gasteiger charge is 2.25. The largest absolute Gasteiger partial charge is 0.310 e. The van der Waals surface area contributed by atoms with E-state index in [-0.39, 0.29) is 0 Å². The average Bonchev–Trinajstić information content (AvgIpc) is 3.03. The number of hydrogen-bond acceptors (Lipinski definition) is 1. The van der Waals surface area contributed by atoms with Crippen LogP contribution in [0.4, 0.5) is 17.1 Å². The third kappa shape index (κ3) is 4.10. The molecule has 7 aromatic rings. The van der Waals surface area contributed by atoms with E-state index in [1.165, 1.54) is 77.6 Å². The standard InChI is InChI=1S/C40H29N/c1-27-13-19-36(20-14-27)41-39-21-17-32(31-16-15-28-7-2-3-9-30(28)23-31)24-34(39)26-35-25-33(18-22-40(35)41)38-12-6-10-29-8-4-5-11-37(29)38/h2-25H,26H2,1H3. The number of aryl methyl sites for hydroxylation is 1. The van der Waals surface area contributed by atoms with Crippen LogP contribution in [0.15, 0.2) is 146 Å². The summed E-state index contributed by atoms with van der Waals surface area (Å²) >= 11 is 0. The molecule has 0 saturated heterocycles. The molecule has 1 heterocycles. The number of anilines is 3. The van der Waals surface area contributed by atoms with Crippen LogP contribution in [0.2, 0.25) is 0 Å². The third-order valence-corrected chi connectivity index (χ3v) is 8.50. The zero-order chi connectivity index (χ0) is 27.3. The molecule has 0 saturated carbocycles. The third-order valence-electron chi connectivity index (χ3n) is 8.50. The zero-order valence-corrected chi connectivity index (χ0v) is 23.0. The van der Waals surface area contributed by atoms with E-state index in [9.17, 15) is 0 Å². The quantitative estimate of drug-likeness (QED) is 0.223. The fraction of sp³-hybridized carbons (Fsp3) is 0.0500. The molecule has 41 heavy (non-hydrogen) atoms. The second-order valence-electron chi connectivity index (χ2n) is 11.1. The summed E-state index contributed by atoms with van der Waals surface area (Å²) in [6.45, 7) is 2.15. The lowest BCUT2D eigenvalue weighted by Gasteiger charge is -2.34. The fourth-order valence-corrected chi connectivity index (χ4v) is 6.39. The highest BCUT2D eigenvalue weighted by Crippen LogP contribution is 2.46. The summed E-state index contributed by atoms with van der Waals surface area (Å²) in [6.07, 6.45) is 0.896. The number of fused-ring (bicyclic) bond motifs is 4. The lowest BCUT2D eigenvalue weighted by Crippen LogP contribution is -2.18. The summed E-state index contributed by atoms with van der Waals surface area (Å²) in [5.41, 5.74) is 12.7. The zero-order valence-electron chi connectivity index (χ0n) is 23.0. The molecule has 7 aromatic carbocycles. The van der Waals surface area contributed by atoms with Crippen molar-refractivity contribution in [1.29, 1.82) is 0 Å². The summed E-state index contributed by atoms with van der Waals surface area (Å²) < 4.78 is 0. The van der Waals surface area contributed by atoms with Crippen molar-refractivity contribution in [3.05, 3.63) is 162 Å². The number of hydrogen-bond donors (Lipinski definition) is 0. The first-order valence-corrected chi connectivity index (χ1v) is 14.3. The molecule has 8 rings (SSSR count). The summed E-state index contributed by atoms with van der Waals surface area (Å²) in [4.78, 5) is 2.44. The van der Waals surface area contributed by atoms with Gasteiger partial charge in [0.15, 0.2) is 0 Å². The van der Waals surface area contributed by atoms with Crippen molar-refractivity contribution in [3.63, 3.8) is 0 Å². The van der Waals surface area contributed by atoms with Crippen LogP contribution in [0.5, 0.6) is 0 Å². The first kappa shape index (κ1) is 23.7. The van der Waals surface area contributed by atoms with Crippen molar-refractivity contribution in [2.75, 3.05) is 4.90 Å². The Kier molecular flexibility index (Phi) is 5.50. The number of nitrogens with zero attached hydrogens (tertiary/aromatic N) is 1. The molecule has 1 heteroatoms. The molecule has 1 nitrogen and oxygen atoms in total. The maximum absolute atomic E-state index is 2.44. The minimum absolute atomic E-state index is 0.896. The molecule has 0 N–H and O–H groups in total. The highest BCUT2D eigenvalue weighted by atomic mass is 15.2. The molecule has 0 amide bonds. The van der Waals surface area contributed by atoms with Gasteiger partial charge in [-0.15, -0.1) is 0 Å². The Hall–Kier alpha value is -5.14. The van der Waals surface area contributed by atoms with E-state index in [4.69, 9.17) is 0 Å².